The number of nitrogens with one attached hydrogen (secondary N) is 3. The number of H-pyrrole nitrogens is 1. The zero-order valence-corrected chi connectivity index (χ0v) is 14.0. The Bertz CT molecular complexity index is 975. The zero-order chi connectivity index (χ0) is 17.1. The molecule has 4 aromatic rings. The molecule has 0 aliphatic rings. The molecule has 124 valence electrons. The molecule has 0 unspecified atom stereocenters. The average Bonchev–Trinajstić information content (AvgIpc) is 3.27. The predicted octanol–water partition coefficient (Wildman–Crippen LogP) is 3.69. The van der Waals surface area contributed by atoms with Crippen molar-refractivity contribution >= 4 is 39.1 Å². The van der Waals surface area contributed by atoms with E-state index in [9.17, 15) is 4.79 Å². The van der Waals surface area contributed by atoms with Gasteiger partial charge in [-0.3, -0.25) is 4.79 Å². The first-order valence-electron chi connectivity index (χ1n) is 7.77. The van der Waals surface area contributed by atoms with Crippen molar-refractivity contribution in [3.05, 3.63) is 71.5 Å². The maximum atomic E-state index is 12.3. The van der Waals surface area contributed by atoms with Gasteiger partial charge in [-0.1, -0.05) is 30.3 Å². The first kappa shape index (κ1) is 15.3. The summed E-state index contributed by atoms with van der Waals surface area (Å²) in [4.78, 5) is 24.2. The smallest absolute Gasteiger partial charge is 0.271 e. The van der Waals surface area contributed by atoms with E-state index >= 15 is 0 Å². The molecule has 0 saturated heterocycles. The number of amides is 1. The highest BCUT2D eigenvalue weighted by atomic mass is 32.1. The molecule has 0 fully saturated rings. The highest BCUT2D eigenvalue weighted by molar-refractivity contribution is 7.14. The molecule has 2 aromatic carbocycles. The summed E-state index contributed by atoms with van der Waals surface area (Å²) in [6.45, 7) is 0.326. The molecule has 6 nitrogen and oxygen atoms in total. The number of hydrogen-bond donors (Lipinski definition) is 3. The molecule has 0 radical (unpaired) electrons. The van der Waals surface area contributed by atoms with Gasteiger partial charge in [-0.2, -0.15) is 0 Å². The number of rotatable bonds is 5. The first-order valence-corrected chi connectivity index (χ1v) is 8.65. The van der Waals surface area contributed by atoms with Gasteiger partial charge in [0.15, 0.2) is 5.13 Å². The van der Waals surface area contributed by atoms with Crippen LogP contribution in [0.3, 0.4) is 0 Å². The fourth-order valence-electron chi connectivity index (χ4n) is 2.42. The average molecular weight is 349 g/mol. The number of hydrogen-bond acceptors (Lipinski definition) is 5. The van der Waals surface area contributed by atoms with E-state index in [1.165, 1.54) is 11.3 Å². The lowest BCUT2D eigenvalue weighted by Crippen LogP contribution is -2.23. The van der Waals surface area contributed by atoms with Gasteiger partial charge in [-0.05, 0) is 24.3 Å². The molecular weight excluding hydrogens is 334 g/mol. The Morgan fingerprint density at radius 1 is 1.04 bits per heavy atom. The minimum atomic E-state index is -0.224. The molecule has 3 N–H and O–H groups in total. The Morgan fingerprint density at radius 2 is 1.84 bits per heavy atom. The number of aromatic amines is 1. The Labute approximate surface area is 148 Å². The molecule has 0 aliphatic carbocycles. The summed E-state index contributed by atoms with van der Waals surface area (Å²) in [5, 5.41) is 8.43. The molecule has 4 rings (SSSR count). The third-order valence-corrected chi connectivity index (χ3v) is 4.37. The highest BCUT2D eigenvalue weighted by Gasteiger charge is 2.11. The van der Waals surface area contributed by atoms with Gasteiger partial charge in [0, 0.05) is 11.1 Å². The van der Waals surface area contributed by atoms with Crippen LogP contribution in [0.2, 0.25) is 0 Å². The van der Waals surface area contributed by atoms with Gasteiger partial charge < -0.3 is 15.6 Å². The van der Waals surface area contributed by atoms with Crippen molar-refractivity contribution in [2.75, 3.05) is 5.32 Å². The summed E-state index contributed by atoms with van der Waals surface area (Å²) >= 11 is 1.39. The molecule has 0 atom stereocenters. The number of anilines is 2. The summed E-state index contributed by atoms with van der Waals surface area (Å²) in [6, 6.07) is 17.5. The molecule has 2 aromatic heterocycles. The van der Waals surface area contributed by atoms with Crippen LogP contribution in [-0.4, -0.2) is 20.9 Å². The number of carbonyl (C=O) groups excluding carboxylic acids is 1. The molecular formula is C18H15N5OS. The minimum absolute atomic E-state index is 0.224. The van der Waals surface area contributed by atoms with Gasteiger partial charge in [-0.25, -0.2) is 9.97 Å². The molecule has 0 aliphatic heterocycles. The number of aromatic nitrogens is 3. The van der Waals surface area contributed by atoms with Gasteiger partial charge in [-0.15, -0.1) is 11.3 Å². The van der Waals surface area contributed by atoms with Crippen LogP contribution in [0.4, 0.5) is 10.8 Å². The van der Waals surface area contributed by atoms with Crippen LogP contribution in [0.15, 0.2) is 60.0 Å². The Hall–Kier alpha value is -3.19. The summed E-state index contributed by atoms with van der Waals surface area (Å²) in [6.07, 6.45) is 0. The molecule has 7 heteroatoms. The number of fused-ring (bicyclic) bond motifs is 1. The maximum Gasteiger partial charge on any atom is 0.271 e. The number of imidazole rings is 1. The summed E-state index contributed by atoms with van der Waals surface area (Å²) in [5.41, 5.74) is 3.16. The second-order valence-electron chi connectivity index (χ2n) is 5.41. The van der Waals surface area contributed by atoms with E-state index in [-0.39, 0.29) is 5.91 Å². The van der Waals surface area contributed by atoms with Gasteiger partial charge in [0.1, 0.15) is 11.5 Å². The van der Waals surface area contributed by atoms with Crippen molar-refractivity contribution in [1.29, 1.82) is 0 Å². The third-order valence-electron chi connectivity index (χ3n) is 3.62. The number of nitrogens with zero attached hydrogens (tertiary/aromatic N) is 2. The van der Waals surface area contributed by atoms with Crippen molar-refractivity contribution in [3.63, 3.8) is 0 Å². The molecule has 1 amide bonds. The van der Waals surface area contributed by atoms with E-state index in [2.05, 4.69) is 25.6 Å². The summed E-state index contributed by atoms with van der Waals surface area (Å²) < 4.78 is 0. The van der Waals surface area contributed by atoms with E-state index in [1.807, 2.05) is 54.6 Å². The van der Waals surface area contributed by atoms with Crippen LogP contribution in [0, 0.1) is 0 Å². The highest BCUT2D eigenvalue weighted by Crippen LogP contribution is 2.20. The standard InChI is InChI=1S/C18H15N5OS/c24-17(19-10-16-21-13-8-4-5-9-14(13)22-16)15-11-25-18(23-15)20-12-6-2-1-3-7-12/h1-9,11H,10H2,(H,19,24)(H,20,23)(H,21,22). The summed E-state index contributed by atoms with van der Waals surface area (Å²) in [5.74, 6) is 0.491. The van der Waals surface area contributed by atoms with Crippen LogP contribution >= 0.6 is 11.3 Å². The van der Waals surface area contributed by atoms with Crippen LogP contribution in [0.5, 0.6) is 0 Å². The third kappa shape index (κ3) is 3.51. The SMILES string of the molecule is O=C(NCc1nc2ccccc2[nH]1)c1csc(Nc2ccccc2)n1. The topological polar surface area (TPSA) is 82.7 Å². The van der Waals surface area contributed by atoms with E-state index in [4.69, 9.17) is 0 Å². The van der Waals surface area contributed by atoms with Crippen LogP contribution in [0.1, 0.15) is 16.3 Å². The lowest BCUT2D eigenvalue weighted by Gasteiger charge is -2.01. The summed E-state index contributed by atoms with van der Waals surface area (Å²) in [7, 11) is 0. The van der Waals surface area contributed by atoms with Crippen LogP contribution in [0.25, 0.3) is 11.0 Å². The molecule has 0 bridgehead atoms. The first-order chi connectivity index (χ1) is 12.3. The molecule has 2 heterocycles. The number of benzene rings is 2. The van der Waals surface area contributed by atoms with Crippen molar-refractivity contribution in [3.8, 4) is 0 Å². The van der Waals surface area contributed by atoms with E-state index in [0.717, 1.165) is 16.7 Å². The van der Waals surface area contributed by atoms with Crippen molar-refractivity contribution in [1.82, 2.24) is 20.3 Å². The Balaban J connectivity index is 1.39. The quantitative estimate of drug-likeness (QED) is 0.513. The fourth-order valence-corrected chi connectivity index (χ4v) is 3.14. The van der Waals surface area contributed by atoms with E-state index in [0.29, 0.717) is 23.2 Å². The molecule has 0 spiro atoms. The van der Waals surface area contributed by atoms with Crippen molar-refractivity contribution in [2.45, 2.75) is 6.54 Å². The molecule has 25 heavy (non-hydrogen) atoms. The number of carbonyl (C=O) groups is 1. The van der Waals surface area contributed by atoms with Crippen LogP contribution < -0.4 is 10.6 Å². The Kier molecular flexibility index (Phi) is 4.14. The van der Waals surface area contributed by atoms with Crippen molar-refractivity contribution < 1.29 is 4.79 Å². The minimum Gasteiger partial charge on any atom is -0.343 e. The normalized spacial score (nSPS) is 10.7. The van der Waals surface area contributed by atoms with Crippen LogP contribution in [-0.2, 0) is 6.54 Å². The Morgan fingerprint density at radius 3 is 2.68 bits per heavy atom. The van der Waals surface area contributed by atoms with Gasteiger partial charge in [0.2, 0.25) is 0 Å². The lowest BCUT2D eigenvalue weighted by atomic mass is 10.3. The fraction of sp³-hybridized carbons (Fsp3) is 0.0556. The monoisotopic (exact) mass is 349 g/mol. The largest absolute Gasteiger partial charge is 0.343 e. The van der Waals surface area contributed by atoms with E-state index in [1.54, 1.807) is 5.38 Å². The lowest BCUT2D eigenvalue weighted by molar-refractivity contribution is 0.0946. The predicted molar refractivity (Wildman–Crippen MR) is 99.1 cm³/mol. The van der Waals surface area contributed by atoms with Gasteiger partial charge in [0.25, 0.3) is 5.91 Å². The zero-order valence-electron chi connectivity index (χ0n) is 13.2. The number of para-hydroxylation sites is 3. The van der Waals surface area contributed by atoms with Crippen molar-refractivity contribution in [2.24, 2.45) is 0 Å². The second-order valence-corrected chi connectivity index (χ2v) is 6.27. The van der Waals surface area contributed by atoms with Gasteiger partial charge >= 0.3 is 0 Å². The maximum absolute atomic E-state index is 12.3. The molecule has 0 saturated carbocycles. The van der Waals surface area contributed by atoms with E-state index < -0.39 is 0 Å². The second kappa shape index (κ2) is 6.74. The number of thiazole rings is 1. The van der Waals surface area contributed by atoms with Gasteiger partial charge in [0.05, 0.1) is 17.6 Å².